The molecule has 5 nitrogen and oxygen atoms in total. The Morgan fingerprint density at radius 3 is 2.59 bits per heavy atom. The van der Waals surface area contributed by atoms with Crippen LogP contribution in [0, 0.1) is 17.8 Å². The molecule has 3 N–H and O–H groups in total. The molecule has 0 radical (unpaired) electrons. The molecule has 2 fully saturated rings. The standard InChI is InChI=1S/C17H24N2O3/c1-21-13-6-3-10(7-14(13)22-2)9-19-17(20)15-11-4-5-12(8-11)16(15)18/h3,6-7,11-12,15-16H,4-5,8-9,18H2,1-2H3,(H,19,20). The van der Waals surface area contributed by atoms with Gasteiger partial charge in [-0.3, -0.25) is 4.79 Å². The van der Waals surface area contributed by atoms with Gasteiger partial charge in [-0.15, -0.1) is 0 Å². The highest BCUT2D eigenvalue weighted by Gasteiger charge is 2.48. The molecule has 2 bridgehead atoms. The number of benzene rings is 1. The fraction of sp³-hybridized carbons (Fsp3) is 0.588. The van der Waals surface area contributed by atoms with E-state index in [0.717, 1.165) is 18.4 Å². The molecule has 1 aromatic rings. The van der Waals surface area contributed by atoms with Crippen molar-refractivity contribution < 1.29 is 14.3 Å². The number of nitrogens with two attached hydrogens (primary N) is 1. The normalized spacial score (nSPS) is 29.4. The smallest absolute Gasteiger partial charge is 0.225 e. The molecule has 22 heavy (non-hydrogen) atoms. The van der Waals surface area contributed by atoms with E-state index in [9.17, 15) is 4.79 Å². The predicted molar refractivity (Wildman–Crippen MR) is 83.7 cm³/mol. The summed E-state index contributed by atoms with van der Waals surface area (Å²) < 4.78 is 10.5. The topological polar surface area (TPSA) is 73.6 Å². The van der Waals surface area contributed by atoms with Gasteiger partial charge in [-0.05, 0) is 48.8 Å². The Bertz CT molecular complexity index is 559. The van der Waals surface area contributed by atoms with Crippen LogP contribution in [0.1, 0.15) is 24.8 Å². The number of rotatable bonds is 5. The highest BCUT2D eigenvalue weighted by Crippen LogP contribution is 2.47. The number of fused-ring (bicyclic) bond motifs is 2. The molecule has 0 saturated heterocycles. The number of nitrogens with one attached hydrogen (secondary N) is 1. The van der Waals surface area contributed by atoms with Gasteiger partial charge in [0.1, 0.15) is 0 Å². The van der Waals surface area contributed by atoms with Crippen LogP contribution in [0.15, 0.2) is 18.2 Å². The molecule has 0 spiro atoms. The molecule has 1 amide bonds. The van der Waals surface area contributed by atoms with Gasteiger partial charge < -0.3 is 20.5 Å². The highest BCUT2D eigenvalue weighted by molar-refractivity contribution is 5.80. The van der Waals surface area contributed by atoms with Crippen LogP contribution >= 0.6 is 0 Å². The van der Waals surface area contributed by atoms with Crippen LogP contribution < -0.4 is 20.5 Å². The van der Waals surface area contributed by atoms with Crippen LogP contribution in [0.3, 0.4) is 0 Å². The summed E-state index contributed by atoms with van der Waals surface area (Å²) in [6.45, 7) is 0.486. The molecule has 120 valence electrons. The van der Waals surface area contributed by atoms with E-state index in [1.165, 1.54) is 6.42 Å². The van der Waals surface area contributed by atoms with Gasteiger partial charge in [0, 0.05) is 12.6 Å². The Morgan fingerprint density at radius 2 is 1.95 bits per heavy atom. The second-order valence-electron chi connectivity index (χ2n) is 6.34. The van der Waals surface area contributed by atoms with Crippen molar-refractivity contribution in [2.24, 2.45) is 23.5 Å². The van der Waals surface area contributed by atoms with Gasteiger partial charge in [0.2, 0.25) is 5.91 Å². The van der Waals surface area contributed by atoms with Crippen molar-refractivity contribution in [2.45, 2.75) is 31.8 Å². The Kier molecular flexibility index (Phi) is 4.25. The minimum atomic E-state index is -0.0149. The van der Waals surface area contributed by atoms with Gasteiger partial charge in [-0.2, -0.15) is 0 Å². The summed E-state index contributed by atoms with van der Waals surface area (Å²) in [4.78, 5) is 12.4. The summed E-state index contributed by atoms with van der Waals surface area (Å²) in [5.41, 5.74) is 7.21. The third-order valence-electron chi connectivity index (χ3n) is 5.20. The van der Waals surface area contributed by atoms with E-state index in [-0.39, 0.29) is 17.9 Å². The van der Waals surface area contributed by atoms with Gasteiger partial charge in [-0.25, -0.2) is 0 Å². The lowest BCUT2D eigenvalue weighted by Gasteiger charge is -2.27. The van der Waals surface area contributed by atoms with E-state index in [2.05, 4.69) is 5.32 Å². The van der Waals surface area contributed by atoms with Gasteiger partial charge in [0.05, 0.1) is 20.1 Å². The number of ether oxygens (including phenoxy) is 2. The SMILES string of the molecule is COc1ccc(CNC(=O)C2C3CCC(C3)C2N)cc1OC. The van der Waals surface area contributed by atoms with Crippen LogP contribution in [0.2, 0.25) is 0 Å². The van der Waals surface area contributed by atoms with Gasteiger partial charge in [0.15, 0.2) is 11.5 Å². The first-order chi connectivity index (χ1) is 10.6. The Labute approximate surface area is 131 Å². The monoisotopic (exact) mass is 304 g/mol. The molecular formula is C17H24N2O3. The molecule has 0 heterocycles. The van der Waals surface area contributed by atoms with Crippen LogP contribution in [0.5, 0.6) is 11.5 Å². The van der Waals surface area contributed by atoms with Crippen molar-refractivity contribution in [1.82, 2.24) is 5.32 Å². The van der Waals surface area contributed by atoms with Crippen molar-refractivity contribution in [2.75, 3.05) is 14.2 Å². The summed E-state index contributed by atoms with van der Waals surface area (Å²) in [5.74, 6) is 2.46. The average molecular weight is 304 g/mol. The summed E-state index contributed by atoms with van der Waals surface area (Å²) in [7, 11) is 3.21. The summed E-state index contributed by atoms with van der Waals surface area (Å²) in [6.07, 6.45) is 3.45. The minimum Gasteiger partial charge on any atom is -0.493 e. The molecule has 1 aromatic carbocycles. The summed E-state index contributed by atoms with van der Waals surface area (Å²) in [5, 5.41) is 3.03. The molecule has 0 aromatic heterocycles. The highest BCUT2D eigenvalue weighted by atomic mass is 16.5. The van der Waals surface area contributed by atoms with Crippen LogP contribution in [0.25, 0.3) is 0 Å². The Hall–Kier alpha value is -1.75. The summed E-state index contributed by atoms with van der Waals surface area (Å²) >= 11 is 0. The Morgan fingerprint density at radius 1 is 1.23 bits per heavy atom. The van der Waals surface area contributed by atoms with Crippen molar-refractivity contribution in [1.29, 1.82) is 0 Å². The van der Waals surface area contributed by atoms with Gasteiger partial charge in [0.25, 0.3) is 0 Å². The molecule has 2 aliphatic carbocycles. The number of carbonyl (C=O) groups excluding carboxylic acids is 1. The molecule has 4 atom stereocenters. The van der Waals surface area contributed by atoms with E-state index in [1.54, 1.807) is 14.2 Å². The van der Waals surface area contributed by atoms with Gasteiger partial charge in [-0.1, -0.05) is 6.07 Å². The third kappa shape index (κ3) is 2.65. The molecule has 2 aliphatic rings. The first-order valence-electron chi connectivity index (χ1n) is 7.88. The lowest BCUT2D eigenvalue weighted by Crippen LogP contribution is -2.45. The maximum absolute atomic E-state index is 12.4. The van der Waals surface area contributed by atoms with E-state index in [4.69, 9.17) is 15.2 Å². The Balaban J connectivity index is 1.62. The summed E-state index contributed by atoms with van der Waals surface area (Å²) in [6, 6.07) is 5.70. The van der Waals surface area contributed by atoms with Crippen molar-refractivity contribution in [3.63, 3.8) is 0 Å². The zero-order valence-electron chi connectivity index (χ0n) is 13.2. The number of amides is 1. The maximum Gasteiger partial charge on any atom is 0.225 e. The maximum atomic E-state index is 12.4. The number of hydrogen-bond acceptors (Lipinski definition) is 4. The third-order valence-corrected chi connectivity index (χ3v) is 5.20. The molecular weight excluding hydrogens is 280 g/mol. The quantitative estimate of drug-likeness (QED) is 0.868. The molecule has 5 heteroatoms. The van der Waals surface area contributed by atoms with Crippen molar-refractivity contribution >= 4 is 5.91 Å². The first-order valence-corrected chi connectivity index (χ1v) is 7.88. The zero-order chi connectivity index (χ0) is 15.7. The molecule has 3 rings (SSSR count). The van der Waals surface area contributed by atoms with E-state index >= 15 is 0 Å². The molecule has 0 aliphatic heterocycles. The predicted octanol–water partition coefficient (Wildman–Crippen LogP) is 1.69. The number of carbonyl (C=O) groups is 1. The minimum absolute atomic E-state index is 0.0149. The van der Waals surface area contributed by atoms with Crippen molar-refractivity contribution in [3.05, 3.63) is 23.8 Å². The fourth-order valence-electron chi connectivity index (χ4n) is 4.02. The van der Waals surface area contributed by atoms with Crippen LogP contribution in [-0.2, 0) is 11.3 Å². The van der Waals surface area contributed by atoms with E-state index in [0.29, 0.717) is 29.9 Å². The molecule has 2 saturated carbocycles. The lowest BCUT2D eigenvalue weighted by atomic mass is 9.84. The first kappa shape index (κ1) is 15.2. The fourth-order valence-corrected chi connectivity index (χ4v) is 4.02. The largest absolute Gasteiger partial charge is 0.493 e. The zero-order valence-corrected chi connectivity index (χ0v) is 13.2. The van der Waals surface area contributed by atoms with Crippen molar-refractivity contribution in [3.8, 4) is 11.5 Å². The second-order valence-corrected chi connectivity index (χ2v) is 6.34. The number of methoxy groups -OCH3 is 2. The van der Waals surface area contributed by atoms with E-state index < -0.39 is 0 Å². The van der Waals surface area contributed by atoms with Gasteiger partial charge >= 0.3 is 0 Å². The van der Waals surface area contributed by atoms with Crippen LogP contribution in [0.4, 0.5) is 0 Å². The second kappa shape index (κ2) is 6.16. The van der Waals surface area contributed by atoms with Crippen LogP contribution in [-0.4, -0.2) is 26.2 Å². The number of hydrogen-bond donors (Lipinski definition) is 2. The van der Waals surface area contributed by atoms with E-state index in [1.807, 2.05) is 18.2 Å². The lowest BCUT2D eigenvalue weighted by molar-refractivity contribution is -0.127. The molecule has 4 unspecified atom stereocenters. The average Bonchev–Trinajstić information content (AvgIpc) is 3.13.